The molecule has 0 aliphatic rings. The predicted octanol–water partition coefficient (Wildman–Crippen LogP) is 2.87. The molecule has 1 unspecified atom stereocenters. The van der Waals surface area contributed by atoms with E-state index in [2.05, 4.69) is 5.32 Å². The molecule has 0 aliphatic heterocycles. The summed E-state index contributed by atoms with van der Waals surface area (Å²) in [5.74, 6) is -0.867. The number of rotatable bonds is 5. The Balaban J connectivity index is 0.00000137. The normalized spacial score (nSPS) is 12.3. The molecule has 3 nitrogen and oxygen atoms in total. The van der Waals surface area contributed by atoms with Gasteiger partial charge in [-0.05, 0) is 26.0 Å². The molecule has 0 aromatic heterocycles. The first-order valence-corrected chi connectivity index (χ1v) is 6.26. The third-order valence-electron chi connectivity index (χ3n) is 2.46. The fourth-order valence-corrected chi connectivity index (χ4v) is 1.49. The predicted molar refractivity (Wildman–Crippen MR) is 75.7 cm³/mol. The molecule has 1 atom stereocenters. The van der Waals surface area contributed by atoms with Crippen molar-refractivity contribution in [3.8, 4) is 0 Å². The maximum absolute atomic E-state index is 10.7. The lowest BCUT2D eigenvalue weighted by Crippen LogP contribution is -2.26. The Morgan fingerprint density at radius 1 is 1.33 bits per heavy atom. The first-order chi connectivity index (χ1) is 8.63. The van der Waals surface area contributed by atoms with Crippen LogP contribution in [0.5, 0.6) is 0 Å². The average molecular weight is 249 g/mol. The Bertz CT molecular complexity index is 371. The minimum absolute atomic E-state index is 0.0542. The third kappa shape index (κ3) is 6.21. The molecule has 0 bridgehead atoms. The van der Waals surface area contributed by atoms with E-state index in [0.717, 1.165) is 6.42 Å². The highest BCUT2D eigenvalue weighted by Crippen LogP contribution is 2.06. The summed E-state index contributed by atoms with van der Waals surface area (Å²) in [5, 5.41) is 11.9. The van der Waals surface area contributed by atoms with Crippen LogP contribution in [0.3, 0.4) is 0 Å². The fraction of sp³-hybridized carbons (Fsp3) is 0.400. The van der Waals surface area contributed by atoms with Gasteiger partial charge in [-0.25, -0.2) is 4.79 Å². The molecule has 2 N–H and O–H groups in total. The summed E-state index contributed by atoms with van der Waals surface area (Å²) < 4.78 is 0. The molecular formula is C15H23NO2. The molecule has 1 rings (SSSR count). The molecule has 0 fully saturated rings. The van der Waals surface area contributed by atoms with Crippen molar-refractivity contribution in [2.75, 3.05) is 7.05 Å². The summed E-state index contributed by atoms with van der Waals surface area (Å²) in [5.41, 5.74) is 1.56. The lowest BCUT2D eigenvalue weighted by atomic mass is 10.0. The smallest absolute Gasteiger partial charge is 0.331 e. The molecule has 100 valence electrons. The van der Waals surface area contributed by atoms with Crippen LogP contribution in [0.15, 0.2) is 42.0 Å². The highest BCUT2D eigenvalue weighted by atomic mass is 16.4. The van der Waals surface area contributed by atoms with Gasteiger partial charge < -0.3 is 10.4 Å². The van der Waals surface area contributed by atoms with Crippen molar-refractivity contribution in [1.29, 1.82) is 0 Å². The average Bonchev–Trinajstić information content (AvgIpc) is 2.41. The molecular weight excluding hydrogens is 226 g/mol. The molecule has 0 saturated carbocycles. The molecule has 0 radical (unpaired) electrons. The van der Waals surface area contributed by atoms with Gasteiger partial charge in [-0.1, -0.05) is 50.3 Å². The van der Waals surface area contributed by atoms with Gasteiger partial charge in [0.2, 0.25) is 0 Å². The highest BCUT2D eigenvalue weighted by molar-refractivity contribution is 5.85. The Morgan fingerprint density at radius 2 is 1.89 bits per heavy atom. The molecule has 1 aromatic rings. The SMILES string of the molecule is CC.CNC(/C=C(\C)C(=O)O)Cc1ccccc1. The van der Waals surface area contributed by atoms with Gasteiger partial charge in [0.25, 0.3) is 0 Å². The van der Waals surface area contributed by atoms with E-state index in [-0.39, 0.29) is 6.04 Å². The Hall–Kier alpha value is -1.61. The minimum atomic E-state index is -0.867. The van der Waals surface area contributed by atoms with Crippen LogP contribution in [0.25, 0.3) is 0 Å². The van der Waals surface area contributed by atoms with Crippen LogP contribution >= 0.6 is 0 Å². The van der Waals surface area contributed by atoms with E-state index < -0.39 is 5.97 Å². The van der Waals surface area contributed by atoms with E-state index in [1.165, 1.54) is 5.56 Å². The number of nitrogens with one attached hydrogen (secondary N) is 1. The second-order valence-electron chi connectivity index (χ2n) is 3.74. The van der Waals surface area contributed by atoms with Gasteiger partial charge in [0.05, 0.1) is 0 Å². The number of hydrogen-bond donors (Lipinski definition) is 2. The zero-order valence-corrected chi connectivity index (χ0v) is 11.6. The number of carboxylic acid groups (broad SMARTS) is 1. The molecule has 3 heteroatoms. The second-order valence-corrected chi connectivity index (χ2v) is 3.74. The summed E-state index contributed by atoms with van der Waals surface area (Å²) in [6.45, 7) is 5.61. The van der Waals surface area contributed by atoms with E-state index in [4.69, 9.17) is 5.11 Å². The van der Waals surface area contributed by atoms with Crippen molar-refractivity contribution in [1.82, 2.24) is 5.32 Å². The van der Waals surface area contributed by atoms with Crippen molar-refractivity contribution < 1.29 is 9.90 Å². The molecule has 0 spiro atoms. The second kappa shape index (κ2) is 9.42. The zero-order valence-electron chi connectivity index (χ0n) is 11.6. The van der Waals surface area contributed by atoms with Crippen molar-refractivity contribution >= 4 is 5.97 Å². The van der Waals surface area contributed by atoms with Gasteiger partial charge in [0.15, 0.2) is 0 Å². The molecule has 18 heavy (non-hydrogen) atoms. The maximum atomic E-state index is 10.7. The Kier molecular flexibility index (Phi) is 8.58. The summed E-state index contributed by atoms with van der Waals surface area (Å²) in [6, 6.07) is 10.1. The van der Waals surface area contributed by atoms with E-state index in [1.807, 2.05) is 51.2 Å². The third-order valence-corrected chi connectivity index (χ3v) is 2.46. The summed E-state index contributed by atoms with van der Waals surface area (Å²) >= 11 is 0. The quantitative estimate of drug-likeness (QED) is 0.789. The van der Waals surface area contributed by atoms with E-state index >= 15 is 0 Å². The van der Waals surface area contributed by atoms with E-state index in [9.17, 15) is 4.79 Å². The van der Waals surface area contributed by atoms with Crippen LogP contribution in [-0.4, -0.2) is 24.2 Å². The summed E-state index contributed by atoms with van der Waals surface area (Å²) in [6.07, 6.45) is 2.54. The van der Waals surface area contributed by atoms with Gasteiger partial charge in [0, 0.05) is 11.6 Å². The maximum Gasteiger partial charge on any atom is 0.331 e. The first kappa shape index (κ1) is 16.4. The van der Waals surface area contributed by atoms with Gasteiger partial charge in [-0.15, -0.1) is 0 Å². The van der Waals surface area contributed by atoms with Crippen molar-refractivity contribution in [2.24, 2.45) is 0 Å². The fourth-order valence-electron chi connectivity index (χ4n) is 1.49. The van der Waals surface area contributed by atoms with Gasteiger partial charge in [-0.2, -0.15) is 0 Å². The van der Waals surface area contributed by atoms with Crippen LogP contribution < -0.4 is 5.32 Å². The van der Waals surface area contributed by atoms with E-state index in [1.54, 1.807) is 13.0 Å². The lowest BCUT2D eigenvalue weighted by molar-refractivity contribution is -0.132. The number of benzene rings is 1. The number of carboxylic acids is 1. The van der Waals surface area contributed by atoms with Gasteiger partial charge >= 0.3 is 5.97 Å². The largest absolute Gasteiger partial charge is 0.478 e. The van der Waals surface area contributed by atoms with Crippen LogP contribution in [-0.2, 0) is 11.2 Å². The molecule has 0 amide bonds. The monoisotopic (exact) mass is 249 g/mol. The van der Waals surface area contributed by atoms with Gasteiger partial charge in [0.1, 0.15) is 0 Å². The molecule has 0 aliphatic carbocycles. The van der Waals surface area contributed by atoms with Crippen molar-refractivity contribution in [3.05, 3.63) is 47.5 Å². The number of likely N-dealkylation sites (N-methyl/N-ethyl adjacent to an activating group) is 1. The first-order valence-electron chi connectivity index (χ1n) is 6.26. The Labute approximate surface area is 110 Å². The molecule has 0 saturated heterocycles. The van der Waals surface area contributed by atoms with Crippen molar-refractivity contribution in [2.45, 2.75) is 33.2 Å². The standard InChI is InChI=1S/C13H17NO2.C2H6/c1-10(13(15)16)8-12(14-2)9-11-6-4-3-5-7-11;1-2/h3-8,12,14H,9H2,1-2H3,(H,15,16);1-2H3/b10-8+;. The van der Waals surface area contributed by atoms with Crippen LogP contribution in [0, 0.1) is 0 Å². The number of hydrogen-bond acceptors (Lipinski definition) is 2. The number of carbonyl (C=O) groups is 1. The van der Waals surface area contributed by atoms with Crippen molar-refractivity contribution in [3.63, 3.8) is 0 Å². The van der Waals surface area contributed by atoms with E-state index in [0.29, 0.717) is 5.57 Å². The van der Waals surface area contributed by atoms with Crippen LogP contribution in [0.1, 0.15) is 26.3 Å². The highest BCUT2D eigenvalue weighted by Gasteiger charge is 2.07. The van der Waals surface area contributed by atoms with Gasteiger partial charge in [-0.3, -0.25) is 0 Å². The van der Waals surface area contributed by atoms with Crippen LogP contribution in [0.2, 0.25) is 0 Å². The Morgan fingerprint density at radius 3 is 2.33 bits per heavy atom. The lowest BCUT2D eigenvalue weighted by Gasteiger charge is -2.12. The van der Waals surface area contributed by atoms with Crippen LogP contribution in [0.4, 0.5) is 0 Å². The topological polar surface area (TPSA) is 49.3 Å². The zero-order chi connectivity index (χ0) is 14.0. The number of aliphatic carboxylic acids is 1. The molecule has 1 aromatic carbocycles. The minimum Gasteiger partial charge on any atom is -0.478 e. The summed E-state index contributed by atoms with van der Waals surface area (Å²) in [4.78, 5) is 10.7. The summed E-state index contributed by atoms with van der Waals surface area (Å²) in [7, 11) is 1.83. The molecule has 0 heterocycles.